The highest BCUT2D eigenvalue weighted by atomic mass is 15.2. The van der Waals surface area contributed by atoms with E-state index in [4.69, 9.17) is 4.98 Å². The highest BCUT2D eigenvalue weighted by Crippen LogP contribution is 2.64. The van der Waals surface area contributed by atoms with E-state index in [1.54, 1.807) is 0 Å². The molecule has 10 aromatic carbocycles. The lowest BCUT2D eigenvalue weighted by Crippen LogP contribution is -2.36. The summed E-state index contributed by atoms with van der Waals surface area (Å²) in [6.07, 6.45) is 2.09. The normalized spacial score (nSPS) is 12.7. The number of pyridine rings is 1. The molecule has 2 aliphatic rings. The van der Waals surface area contributed by atoms with Crippen molar-refractivity contribution < 1.29 is 0 Å². The molecule has 322 valence electrons. The number of nitrogens with zero attached hydrogens (tertiary/aromatic N) is 2. The van der Waals surface area contributed by atoms with Crippen molar-refractivity contribution in [1.82, 2.24) is 4.98 Å². The van der Waals surface area contributed by atoms with Crippen LogP contribution < -0.4 is 4.90 Å². The maximum Gasteiger partial charge on any atom is 0.0754 e. The lowest BCUT2D eigenvalue weighted by Gasteiger charge is -2.45. The molecule has 0 unspecified atom stereocenters. The summed E-state index contributed by atoms with van der Waals surface area (Å²) in [5.74, 6) is 0. The van der Waals surface area contributed by atoms with Gasteiger partial charge in [0.1, 0.15) is 0 Å². The summed E-state index contributed by atoms with van der Waals surface area (Å²) in [5.41, 5.74) is 21.3. The van der Waals surface area contributed by atoms with Crippen molar-refractivity contribution in [3.63, 3.8) is 0 Å². The zero-order chi connectivity index (χ0) is 45.8. The molecule has 0 fully saturated rings. The van der Waals surface area contributed by atoms with Crippen LogP contribution in [0.4, 0.5) is 17.1 Å². The fraction of sp³-hybridized carbons (Fsp3) is 0.0455. The quantitative estimate of drug-likeness (QED) is 0.160. The smallest absolute Gasteiger partial charge is 0.0754 e. The van der Waals surface area contributed by atoms with E-state index in [-0.39, 0.29) is 0 Å². The number of rotatable bonds is 5. The molecule has 0 N–H and O–H groups in total. The van der Waals surface area contributed by atoms with Gasteiger partial charge in [0.15, 0.2) is 0 Å². The number of hydrogen-bond donors (Lipinski definition) is 0. The van der Waals surface area contributed by atoms with Crippen LogP contribution in [0.15, 0.2) is 249 Å². The number of anilines is 3. The molecule has 1 aromatic heterocycles. The molecule has 0 saturated heterocycles. The van der Waals surface area contributed by atoms with Crippen LogP contribution in [-0.4, -0.2) is 4.98 Å². The Kier molecular flexibility index (Phi) is 10.0. The number of hydrogen-bond acceptors (Lipinski definition) is 2. The van der Waals surface area contributed by atoms with Crippen LogP contribution in [0.1, 0.15) is 40.3 Å². The fourth-order valence-corrected chi connectivity index (χ4v) is 11.3. The van der Waals surface area contributed by atoms with E-state index in [1.807, 2.05) is 19.1 Å². The second-order valence-electron chi connectivity index (χ2n) is 18.0. The topological polar surface area (TPSA) is 16.1 Å². The van der Waals surface area contributed by atoms with E-state index in [1.165, 1.54) is 94.1 Å². The molecule has 13 rings (SSSR count). The minimum absolute atomic E-state index is 0.515. The van der Waals surface area contributed by atoms with E-state index in [0.717, 1.165) is 28.1 Å². The Bertz CT molecular complexity index is 3610. The molecular weight excluding hydrogens is 821 g/mol. The van der Waals surface area contributed by atoms with Crippen LogP contribution in [0.25, 0.3) is 71.8 Å². The molecule has 1 spiro atoms. The molecule has 0 atom stereocenters. The van der Waals surface area contributed by atoms with Gasteiger partial charge in [-0.15, -0.1) is 0 Å². The van der Waals surface area contributed by atoms with Gasteiger partial charge < -0.3 is 4.90 Å². The molecule has 0 saturated carbocycles. The van der Waals surface area contributed by atoms with E-state index in [2.05, 4.69) is 249 Å². The van der Waals surface area contributed by atoms with Gasteiger partial charge >= 0.3 is 0 Å². The van der Waals surface area contributed by atoms with Crippen molar-refractivity contribution >= 4 is 44.2 Å². The Hall–Kier alpha value is -8.59. The Labute approximate surface area is 398 Å². The Balaban J connectivity index is 0.000000430. The maximum atomic E-state index is 5.34. The number of para-hydroxylation sites is 3. The molecule has 2 heterocycles. The molecule has 0 radical (unpaired) electrons. The molecular formula is C66H48N2. The zero-order valence-electron chi connectivity index (χ0n) is 38.2. The first-order valence-electron chi connectivity index (χ1n) is 23.5. The summed E-state index contributed by atoms with van der Waals surface area (Å²) >= 11 is 0. The molecule has 2 heteroatoms. The summed E-state index contributed by atoms with van der Waals surface area (Å²) in [6, 6.07) is 85.8. The lowest BCUT2D eigenvalue weighted by atomic mass is 9.64. The van der Waals surface area contributed by atoms with Crippen molar-refractivity contribution in [2.45, 2.75) is 19.3 Å². The van der Waals surface area contributed by atoms with Gasteiger partial charge in [-0.1, -0.05) is 218 Å². The first kappa shape index (κ1) is 40.9. The molecule has 2 nitrogen and oxygen atoms in total. The van der Waals surface area contributed by atoms with E-state index in [0.29, 0.717) is 0 Å². The van der Waals surface area contributed by atoms with Crippen molar-refractivity contribution in [1.29, 1.82) is 0 Å². The van der Waals surface area contributed by atoms with Gasteiger partial charge in [0, 0.05) is 23.0 Å². The maximum absolute atomic E-state index is 5.34. The lowest BCUT2D eigenvalue weighted by molar-refractivity contribution is 0.753. The molecule has 68 heavy (non-hydrogen) atoms. The highest BCUT2D eigenvalue weighted by molar-refractivity contribution is 6.21. The first-order chi connectivity index (χ1) is 33.5. The summed E-state index contributed by atoms with van der Waals surface area (Å²) in [6.45, 7) is 8.02. The van der Waals surface area contributed by atoms with Gasteiger partial charge in [0.25, 0.3) is 0 Å². The minimum Gasteiger partial charge on any atom is -0.310 e. The van der Waals surface area contributed by atoms with Crippen LogP contribution >= 0.6 is 0 Å². The van der Waals surface area contributed by atoms with E-state index in [9.17, 15) is 0 Å². The van der Waals surface area contributed by atoms with Gasteiger partial charge in [-0.2, -0.15) is 0 Å². The van der Waals surface area contributed by atoms with Gasteiger partial charge in [-0.3, -0.25) is 4.98 Å². The van der Waals surface area contributed by atoms with Crippen LogP contribution in [0, 0.1) is 6.92 Å². The monoisotopic (exact) mass is 868 g/mol. The molecule has 11 aromatic rings. The van der Waals surface area contributed by atoms with Gasteiger partial charge in [-0.05, 0) is 127 Å². The first-order valence-corrected chi connectivity index (χ1v) is 23.5. The van der Waals surface area contributed by atoms with Gasteiger partial charge in [0.05, 0.1) is 22.5 Å². The average Bonchev–Trinajstić information content (AvgIpc) is 3.69. The highest BCUT2D eigenvalue weighted by Gasteiger charge is 2.52. The van der Waals surface area contributed by atoms with Gasteiger partial charge in [0.2, 0.25) is 0 Å². The van der Waals surface area contributed by atoms with Crippen molar-refractivity contribution in [2.24, 2.45) is 0 Å². The van der Waals surface area contributed by atoms with Crippen molar-refractivity contribution in [3.05, 3.63) is 283 Å². The zero-order valence-corrected chi connectivity index (χ0v) is 38.2. The summed E-state index contributed by atoms with van der Waals surface area (Å²) < 4.78 is 0. The predicted molar refractivity (Wildman–Crippen MR) is 287 cm³/mol. The van der Waals surface area contributed by atoms with Crippen molar-refractivity contribution in [3.8, 4) is 44.6 Å². The number of fused-ring (bicyclic) bond motifs is 11. The molecule has 0 amide bonds. The number of benzene rings is 10. The van der Waals surface area contributed by atoms with Gasteiger partial charge in [-0.25, -0.2) is 0 Å². The number of aryl methyl sites for hydroxylation is 1. The minimum atomic E-state index is -0.515. The molecule has 1 aliphatic heterocycles. The van der Waals surface area contributed by atoms with Crippen LogP contribution in [0.2, 0.25) is 0 Å². The Morgan fingerprint density at radius 1 is 0.412 bits per heavy atom. The third kappa shape index (κ3) is 6.37. The number of allylic oxidation sites excluding steroid dienone is 1. The summed E-state index contributed by atoms with van der Waals surface area (Å²) in [5, 5.41) is 4.94. The molecule has 1 aliphatic carbocycles. The Morgan fingerprint density at radius 2 is 0.897 bits per heavy atom. The third-order valence-electron chi connectivity index (χ3n) is 14.1. The second-order valence-corrected chi connectivity index (χ2v) is 18.0. The Morgan fingerprint density at radius 3 is 1.47 bits per heavy atom. The number of aromatic nitrogens is 1. The summed E-state index contributed by atoms with van der Waals surface area (Å²) in [4.78, 5) is 7.77. The third-order valence-corrected chi connectivity index (χ3v) is 14.1. The largest absolute Gasteiger partial charge is 0.310 e. The fourth-order valence-electron chi connectivity index (χ4n) is 11.3. The van der Waals surface area contributed by atoms with Crippen LogP contribution in [0.5, 0.6) is 0 Å². The SMILES string of the molecule is C=C(C)c1ccccc1C.c1ccc(-c2c3ccccc3c(-c3ccc(-c4cccc5c4-c4ccccc4C54c5ccccc5N(c5ccccc5)c5ccccc54)nc3)c3ccccc23)cc1. The van der Waals surface area contributed by atoms with Crippen molar-refractivity contribution in [2.75, 3.05) is 4.90 Å². The van der Waals surface area contributed by atoms with E-state index >= 15 is 0 Å². The average molecular weight is 869 g/mol. The van der Waals surface area contributed by atoms with E-state index < -0.39 is 5.41 Å². The molecule has 0 bridgehead atoms. The predicted octanol–water partition coefficient (Wildman–Crippen LogP) is 17.6. The second kappa shape index (κ2) is 16.7. The standard InChI is InChI=1S/C56H36N2.C10H12/c1-3-18-37(19-4-1)53-40-22-7-9-24-42(40)54(43-25-10-8-23-41(43)53)38-34-35-50(57-36-38)45-27-17-31-49-55(45)44-26-11-12-28-46(44)56(49)47-29-13-15-32-51(47)58(39-20-5-2-6-21-39)52-33-16-14-30-48(52)56;1-8(2)10-7-5-4-6-9(10)3/h1-36H;4-7H,1H2,2-3H3. The van der Waals surface area contributed by atoms with Crippen LogP contribution in [0.3, 0.4) is 0 Å². The van der Waals surface area contributed by atoms with Crippen LogP contribution in [-0.2, 0) is 5.41 Å². The summed E-state index contributed by atoms with van der Waals surface area (Å²) in [7, 11) is 0.